The monoisotopic (exact) mass is 361 g/mol. The Morgan fingerprint density at radius 1 is 1.00 bits per heavy atom. The third kappa shape index (κ3) is 2.87. The molecule has 0 saturated carbocycles. The lowest BCUT2D eigenvalue weighted by molar-refractivity contribution is -0.130. The van der Waals surface area contributed by atoms with Crippen LogP contribution in [0.25, 0.3) is 16.3 Å². The van der Waals surface area contributed by atoms with Gasteiger partial charge in [-0.25, -0.2) is 4.79 Å². The van der Waals surface area contributed by atoms with E-state index in [-0.39, 0.29) is 6.04 Å². The summed E-state index contributed by atoms with van der Waals surface area (Å²) in [6, 6.07) is 17.0. The number of benzene rings is 3. The fourth-order valence-electron chi connectivity index (χ4n) is 3.55. The molecule has 0 amide bonds. The fraction of sp³-hybridized carbons (Fsp3) is 0.136. The summed E-state index contributed by atoms with van der Waals surface area (Å²) in [4.78, 5) is 12.0. The van der Waals surface area contributed by atoms with Gasteiger partial charge in [0.05, 0.1) is 25.8 Å². The molecule has 1 aliphatic rings. The van der Waals surface area contributed by atoms with Crippen molar-refractivity contribution in [2.45, 2.75) is 6.04 Å². The van der Waals surface area contributed by atoms with E-state index in [2.05, 4.69) is 5.32 Å². The fourth-order valence-corrected chi connectivity index (χ4v) is 3.55. The Hall–Kier alpha value is -3.47. The molecule has 0 aliphatic carbocycles. The summed E-state index contributed by atoms with van der Waals surface area (Å²) < 4.78 is 10.7. The number of aliphatic carboxylic acids is 1. The number of hydrogen-bond acceptors (Lipinski definition) is 4. The second kappa shape index (κ2) is 6.68. The summed E-state index contributed by atoms with van der Waals surface area (Å²) in [5.41, 5.74) is 2.70. The third-order valence-electron chi connectivity index (χ3n) is 4.84. The zero-order chi connectivity index (χ0) is 19.0. The standard InChI is InChI=1S/C22H19NO4/c1-26-19-10-8-14(11-20(19)27-2)18-12-16(22(24)25)21-15-6-4-3-5-13(15)7-9-17(21)23-18/h3-12,18,23H,1-2H3,(H,24,25)/t18-/m1/s1. The first kappa shape index (κ1) is 17.0. The van der Waals surface area contributed by atoms with Crippen molar-refractivity contribution in [3.8, 4) is 11.5 Å². The van der Waals surface area contributed by atoms with E-state index in [1.165, 1.54) is 0 Å². The number of carbonyl (C=O) groups is 1. The second-order valence-corrected chi connectivity index (χ2v) is 6.33. The maximum absolute atomic E-state index is 12.0. The van der Waals surface area contributed by atoms with Crippen LogP contribution >= 0.6 is 0 Å². The van der Waals surface area contributed by atoms with E-state index in [4.69, 9.17) is 9.47 Å². The second-order valence-electron chi connectivity index (χ2n) is 6.33. The molecular weight excluding hydrogens is 342 g/mol. The summed E-state index contributed by atoms with van der Waals surface area (Å²) in [5.74, 6) is 0.289. The average molecular weight is 361 g/mol. The van der Waals surface area contributed by atoms with Crippen molar-refractivity contribution < 1.29 is 19.4 Å². The highest BCUT2D eigenvalue weighted by atomic mass is 16.5. The van der Waals surface area contributed by atoms with Crippen molar-refractivity contribution in [2.75, 3.05) is 19.5 Å². The van der Waals surface area contributed by atoms with Gasteiger partial charge in [0, 0.05) is 11.3 Å². The highest BCUT2D eigenvalue weighted by Gasteiger charge is 2.26. The van der Waals surface area contributed by atoms with Gasteiger partial charge in [-0.1, -0.05) is 36.4 Å². The minimum atomic E-state index is -0.945. The summed E-state index contributed by atoms with van der Waals surface area (Å²) >= 11 is 0. The summed E-state index contributed by atoms with van der Waals surface area (Å²) in [7, 11) is 3.16. The van der Waals surface area contributed by atoms with Crippen molar-refractivity contribution in [1.29, 1.82) is 0 Å². The molecule has 3 aromatic carbocycles. The minimum Gasteiger partial charge on any atom is -0.493 e. The molecule has 0 unspecified atom stereocenters. The van der Waals surface area contributed by atoms with Crippen LogP contribution in [0.4, 0.5) is 5.69 Å². The highest BCUT2D eigenvalue weighted by Crippen LogP contribution is 2.41. The van der Waals surface area contributed by atoms with Crippen LogP contribution in [0, 0.1) is 0 Å². The molecule has 5 heteroatoms. The molecule has 1 atom stereocenters. The van der Waals surface area contributed by atoms with Gasteiger partial charge in [0.1, 0.15) is 0 Å². The molecule has 136 valence electrons. The van der Waals surface area contributed by atoms with E-state index in [1.807, 2.05) is 54.6 Å². The van der Waals surface area contributed by atoms with E-state index in [9.17, 15) is 9.90 Å². The number of methoxy groups -OCH3 is 2. The van der Waals surface area contributed by atoms with Gasteiger partial charge < -0.3 is 19.9 Å². The molecule has 0 saturated heterocycles. The number of ether oxygens (including phenoxy) is 2. The van der Waals surface area contributed by atoms with E-state index in [0.717, 1.165) is 27.6 Å². The third-order valence-corrected chi connectivity index (χ3v) is 4.84. The number of fused-ring (bicyclic) bond motifs is 3. The van der Waals surface area contributed by atoms with Gasteiger partial charge in [0.15, 0.2) is 11.5 Å². The zero-order valence-corrected chi connectivity index (χ0v) is 15.0. The highest BCUT2D eigenvalue weighted by molar-refractivity contribution is 6.22. The first-order valence-corrected chi connectivity index (χ1v) is 8.58. The van der Waals surface area contributed by atoms with Crippen LogP contribution in [0.2, 0.25) is 0 Å². The summed E-state index contributed by atoms with van der Waals surface area (Å²) in [5, 5.41) is 15.2. The van der Waals surface area contributed by atoms with Gasteiger partial charge in [0.2, 0.25) is 0 Å². The van der Waals surface area contributed by atoms with E-state index >= 15 is 0 Å². The molecule has 3 aromatic rings. The molecule has 2 N–H and O–H groups in total. The Morgan fingerprint density at radius 3 is 2.52 bits per heavy atom. The number of hydrogen-bond donors (Lipinski definition) is 2. The van der Waals surface area contributed by atoms with Gasteiger partial charge >= 0.3 is 5.97 Å². The Bertz CT molecular complexity index is 1070. The molecule has 27 heavy (non-hydrogen) atoms. The van der Waals surface area contributed by atoms with Gasteiger partial charge in [-0.2, -0.15) is 0 Å². The molecular formula is C22H19NO4. The molecule has 0 bridgehead atoms. The summed E-state index contributed by atoms with van der Waals surface area (Å²) in [6.07, 6.45) is 1.75. The van der Waals surface area contributed by atoms with Crippen LogP contribution < -0.4 is 14.8 Å². The van der Waals surface area contributed by atoms with Gasteiger partial charge in [-0.05, 0) is 40.6 Å². The van der Waals surface area contributed by atoms with Crippen molar-refractivity contribution in [3.63, 3.8) is 0 Å². The molecule has 0 spiro atoms. The van der Waals surface area contributed by atoms with E-state index in [0.29, 0.717) is 17.1 Å². The molecule has 1 aliphatic heterocycles. The number of anilines is 1. The quantitative estimate of drug-likeness (QED) is 0.716. The predicted molar refractivity (Wildman–Crippen MR) is 105 cm³/mol. The van der Waals surface area contributed by atoms with Crippen LogP contribution in [-0.2, 0) is 4.79 Å². The van der Waals surface area contributed by atoms with Crippen molar-refractivity contribution >= 4 is 28.0 Å². The number of nitrogens with one attached hydrogen (secondary N) is 1. The van der Waals surface area contributed by atoms with Crippen LogP contribution in [0.5, 0.6) is 11.5 Å². The molecule has 4 rings (SSSR count). The smallest absolute Gasteiger partial charge is 0.336 e. The molecule has 0 radical (unpaired) electrons. The molecule has 0 aromatic heterocycles. The largest absolute Gasteiger partial charge is 0.493 e. The van der Waals surface area contributed by atoms with Crippen LogP contribution in [0.1, 0.15) is 17.2 Å². The Kier molecular flexibility index (Phi) is 4.20. The lowest BCUT2D eigenvalue weighted by atomic mass is 9.90. The minimum absolute atomic E-state index is 0.287. The Labute approximate surface area is 156 Å². The van der Waals surface area contributed by atoms with Crippen molar-refractivity contribution in [3.05, 3.63) is 71.8 Å². The van der Waals surface area contributed by atoms with Gasteiger partial charge in [0.25, 0.3) is 0 Å². The van der Waals surface area contributed by atoms with Crippen molar-refractivity contribution in [1.82, 2.24) is 0 Å². The lowest BCUT2D eigenvalue weighted by Gasteiger charge is -2.27. The normalized spacial score (nSPS) is 15.5. The van der Waals surface area contributed by atoms with Crippen LogP contribution in [-0.4, -0.2) is 25.3 Å². The zero-order valence-electron chi connectivity index (χ0n) is 15.0. The van der Waals surface area contributed by atoms with Crippen LogP contribution in [0.3, 0.4) is 0 Å². The first-order chi connectivity index (χ1) is 13.1. The number of carboxylic acids is 1. The molecule has 1 heterocycles. The SMILES string of the molecule is COc1ccc([C@H]2C=C(C(=O)O)c3c(ccc4ccccc34)N2)cc1OC. The maximum Gasteiger partial charge on any atom is 0.336 e. The summed E-state index contributed by atoms with van der Waals surface area (Å²) in [6.45, 7) is 0. The Morgan fingerprint density at radius 2 is 1.78 bits per heavy atom. The van der Waals surface area contributed by atoms with Crippen molar-refractivity contribution in [2.24, 2.45) is 0 Å². The lowest BCUT2D eigenvalue weighted by Crippen LogP contribution is -2.18. The van der Waals surface area contributed by atoms with E-state index in [1.54, 1.807) is 20.3 Å². The van der Waals surface area contributed by atoms with Gasteiger partial charge in [-0.15, -0.1) is 0 Å². The predicted octanol–water partition coefficient (Wildman–Crippen LogP) is 4.49. The molecule has 5 nitrogen and oxygen atoms in total. The van der Waals surface area contributed by atoms with Gasteiger partial charge in [-0.3, -0.25) is 0 Å². The number of rotatable bonds is 4. The topological polar surface area (TPSA) is 67.8 Å². The molecule has 0 fully saturated rings. The van der Waals surface area contributed by atoms with E-state index < -0.39 is 5.97 Å². The maximum atomic E-state index is 12.0. The number of carboxylic acid groups (broad SMARTS) is 1. The van der Waals surface area contributed by atoms with Crippen LogP contribution in [0.15, 0.2) is 60.7 Å². The average Bonchev–Trinajstić information content (AvgIpc) is 2.72. The Balaban J connectivity index is 1.86. The first-order valence-electron chi connectivity index (χ1n) is 8.58.